The Bertz CT molecular complexity index is 447. The van der Waals surface area contributed by atoms with E-state index in [-0.39, 0.29) is 0 Å². The molecule has 2 fully saturated rings. The zero-order valence-electron chi connectivity index (χ0n) is 13.6. The number of hydrogen-bond acceptors (Lipinski definition) is 3. The van der Waals surface area contributed by atoms with Gasteiger partial charge in [-0.05, 0) is 37.8 Å². The fourth-order valence-electron chi connectivity index (χ4n) is 4.30. The van der Waals surface area contributed by atoms with Gasteiger partial charge in [0.15, 0.2) is 0 Å². The quantitative estimate of drug-likeness (QED) is 0.920. The van der Waals surface area contributed by atoms with Gasteiger partial charge in [-0.1, -0.05) is 32.8 Å². The van der Waals surface area contributed by atoms with Crippen LogP contribution in [0.5, 0.6) is 0 Å². The van der Waals surface area contributed by atoms with Crippen molar-refractivity contribution in [2.24, 2.45) is 0 Å². The minimum atomic E-state index is 0.297. The van der Waals surface area contributed by atoms with Crippen LogP contribution in [0.1, 0.15) is 58.1 Å². The first-order valence-corrected chi connectivity index (χ1v) is 8.62. The summed E-state index contributed by atoms with van der Waals surface area (Å²) in [6.45, 7) is 7.98. The van der Waals surface area contributed by atoms with E-state index in [1.54, 1.807) is 0 Å². The summed E-state index contributed by atoms with van der Waals surface area (Å²) in [6, 6.07) is 6.28. The second kappa shape index (κ2) is 6.05. The van der Waals surface area contributed by atoms with Crippen LogP contribution in [0.2, 0.25) is 0 Å². The molecule has 1 aliphatic heterocycles. The van der Waals surface area contributed by atoms with Crippen LogP contribution in [0.15, 0.2) is 24.4 Å². The van der Waals surface area contributed by atoms with E-state index in [0.717, 1.165) is 13.1 Å². The predicted molar refractivity (Wildman–Crippen MR) is 87.2 cm³/mol. The number of hydrogen-bond donors (Lipinski definition) is 1. The molecule has 2 aliphatic rings. The van der Waals surface area contributed by atoms with E-state index < -0.39 is 0 Å². The summed E-state index contributed by atoms with van der Waals surface area (Å²) in [6.07, 6.45) is 9.79. The van der Waals surface area contributed by atoms with Gasteiger partial charge >= 0.3 is 0 Å². The molecule has 0 atom stereocenters. The Kier molecular flexibility index (Phi) is 4.32. The number of aromatic nitrogens is 1. The van der Waals surface area contributed by atoms with Gasteiger partial charge in [-0.15, -0.1) is 0 Å². The summed E-state index contributed by atoms with van der Waals surface area (Å²) in [5.74, 6) is 0. The Morgan fingerprint density at radius 3 is 2.57 bits per heavy atom. The van der Waals surface area contributed by atoms with Gasteiger partial charge in [0.05, 0.1) is 5.69 Å². The third-order valence-electron chi connectivity index (χ3n) is 5.91. The van der Waals surface area contributed by atoms with Crippen LogP contribution in [0.3, 0.4) is 0 Å². The fourth-order valence-corrected chi connectivity index (χ4v) is 4.30. The lowest BCUT2D eigenvalue weighted by Crippen LogP contribution is -2.68. The van der Waals surface area contributed by atoms with Gasteiger partial charge in [0, 0.05) is 36.9 Å². The Morgan fingerprint density at radius 2 is 1.95 bits per heavy atom. The van der Waals surface area contributed by atoms with E-state index in [9.17, 15) is 0 Å². The van der Waals surface area contributed by atoms with Gasteiger partial charge in [-0.2, -0.15) is 0 Å². The molecule has 3 rings (SSSR count). The zero-order valence-corrected chi connectivity index (χ0v) is 13.6. The van der Waals surface area contributed by atoms with Crippen LogP contribution in [0.25, 0.3) is 0 Å². The van der Waals surface area contributed by atoms with E-state index >= 15 is 0 Å². The summed E-state index contributed by atoms with van der Waals surface area (Å²) in [7, 11) is 0. The van der Waals surface area contributed by atoms with Crippen molar-refractivity contribution in [2.75, 3.05) is 13.1 Å². The van der Waals surface area contributed by atoms with Crippen LogP contribution in [-0.4, -0.2) is 34.1 Å². The molecule has 0 amide bonds. The Hall–Kier alpha value is -0.930. The molecule has 0 aromatic carbocycles. The maximum Gasteiger partial charge on any atom is 0.0544 e. The molecule has 0 bridgehead atoms. The molecule has 1 N–H and O–H groups in total. The van der Waals surface area contributed by atoms with Gasteiger partial charge in [0.25, 0.3) is 0 Å². The maximum atomic E-state index is 4.56. The summed E-state index contributed by atoms with van der Waals surface area (Å²) in [4.78, 5) is 7.29. The molecule has 1 saturated carbocycles. The molecule has 2 heterocycles. The van der Waals surface area contributed by atoms with E-state index in [0.29, 0.717) is 11.1 Å². The number of nitrogens with one attached hydrogen (secondary N) is 1. The molecule has 1 aliphatic carbocycles. The second-order valence-electron chi connectivity index (χ2n) is 6.95. The topological polar surface area (TPSA) is 28.2 Å². The standard InChI is InChI=1S/C18H29N3/c1-3-18(4-2)14-20-17(10-6-7-11-17)15-21(18)13-16-9-5-8-12-19-16/h5,8-9,12,20H,3-4,6-7,10-11,13-15H2,1-2H3. The zero-order chi connectivity index (χ0) is 14.8. The third-order valence-corrected chi connectivity index (χ3v) is 5.91. The average Bonchev–Trinajstić information content (AvgIpc) is 2.98. The van der Waals surface area contributed by atoms with Crippen LogP contribution >= 0.6 is 0 Å². The smallest absolute Gasteiger partial charge is 0.0544 e. The molecular weight excluding hydrogens is 258 g/mol. The molecular formula is C18H29N3. The highest BCUT2D eigenvalue weighted by Crippen LogP contribution is 2.38. The molecule has 116 valence electrons. The first-order valence-electron chi connectivity index (χ1n) is 8.62. The van der Waals surface area contributed by atoms with Crippen molar-refractivity contribution < 1.29 is 0 Å². The number of pyridine rings is 1. The van der Waals surface area contributed by atoms with E-state index in [1.807, 2.05) is 12.3 Å². The Balaban J connectivity index is 1.82. The highest BCUT2D eigenvalue weighted by atomic mass is 15.3. The lowest BCUT2D eigenvalue weighted by molar-refractivity contribution is -0.00731. The summed E-state index contributed by atoms with van der Waals surface area (Å²) < 4.78 is 0. The summed E-state index contributed by atoms with van der Waals surface area (Å²) in [5.41, 5.74) is 1.88. The van der Waals surface area contributed by atoms with Gasteiger partial charge in [0.2, 0.25) is 0 Å². The van der Waals surface area contributed by atoms with E-state index in [4.69, 9.17) is 0 Å². The van der Waals surface area contributed by atoms with E-state index in [2.05, 4.69) is 41.2 Å². The van der Waals surface area contributed by atoms with Crippen molar-refractivity contribution in [2.45, 2.75) is 70.0 Å². The third kappa shape index (κ3) is 2.86. The molecule has 0 unspecified atom stereocenters. The van der Waals surface area contributed by atoms with Crippen molar-refractivity contribution in [3.8, 4) is 0 Å². The molecule has 1 spiro atoms. The minimum Gasteiger partial charge on any atom is -0.308 e. The summed E-state index contributed by atoms with van der Waals surface area (Å²) in [5, 5.41) is 3.94. The van der Waals surface area contributed by atoms with Crippen LogP contribution in [0, 0.1) is 0 Å². The van der Waals surface area contributed by atoms with Crippen molar-refractivity contribution in [1.82, 2.24) is 15.2 Å². The van der Waals surface area contributed by atoms with Gasteiger partial charge < -0.3 is 5.32 Å². The number of rotatable bonds is 4. The van der Waals surface area contributed by atoms with Crippen LogP contribution in [-0.2, 0) is 6.54 Å². The highest BCUT2D eigenvalue weighted by molar-refractivity contribution is 5.10. The van der Waals surface area contributed by atoms with Crippen molar-refractivity contribution in [3.63, 3.8) is 0 Å². The number of piperazine rings is 1. The monoisotopic (exact) mass is 287 g/mol. The molecule has 1 saturated heterocycles. The highest BCUT2D eigenvalue weighted by Gasteiger charge is 2.46. The Morgan fingerprint density at radius 1 is 1.19 bits per heavy atom. The number of nitrogens with zero attached hydrogens (tertiary/aromatic N) is 2. The molecule has 1 aromatic rings. The molecule has 21 heavy (non-hydrogen) atoms. The fraction of sp³-hybridized carbons (Fsp3) is 0.722. The van der Waals surface area contributed by atoms with E-state index in [1.165, 1.54) is 50.8 Å². The average molecular weight is 287 g/mol. The summed E-state index contributed by atoms with van der Waals surface area (Å²) >= 11 is 0. The molecule has 0 radical (unpaired) electrons. The van der Waals surface area contributed by atoms with Gasteiger partial charge in [-0.3, -0.25) is 9.88 Å². The largest absolute Gasteiger partial charge is 0.308 e. The lowest BCUT2D eigenvalue weighted by atomic mass is 9.82. The maximum absolute atomic E-state index is 4.56. The molecule has 1 aromatic heterocycles. The van der Waals surface area contributed by atoms with Crippen LogP contribution < -0.4 is 5.32 Å². The van der Waals surface area contributed by atoms with Crippen molar-refractivity contribution in [3.05, 3.63) is 30.1 Å². The first-order chi connectivity index (χ1) is 10.2. The van der Waals surface area contributed by atoms with Gasteiger partial charge in [0.1, 0.15) is 0 Å². The second-order valence-corrected chi connectivity index (χ2v) is 6.95. The lowest BCUT2D eigenvalue weighted by Gasteiger charge is -2.53. The van der Waals surface area contributed by atoms with Crippen LogP contribution in [0.4, 0.5) is 0 Å². The van der Waals surface area contributed by atoms with Crippen molar-refractivity contribution >= 4 is 0 Å². The van der Waals surface area contributed by atoms with Crippen molar-refractivity contribution in [1.29, 1.82) is 0 Å². The molecule has 3 nitrogen and oxygen atoms in total. The minimum absolute atomic E-state index is 0.297. The van der Waals surface area contributed by atoms with Gasteiger partial charge in [-0.25, -0.2) is 0 Å². The first kappa shape index (κ1) is 15.0. The normalized spacial score (nSPS) is 24.5. The molecule has 3 heteroatoms. The SMILES string of the molecule is CCC1(CC)CNC2(CCCC2)CN1Cc1ccccn1. The predicted octanol–water partition coefficient (Wildman–Crippen LogP) is 3.36. The Labute approximate surface area is 129 Å².